The standard InChI is InChI=1S/C14H13NO3S/c1-9-4-5-10(14(17)18)7-12(9)15-13(16)8-11-3-2-6-19-11/h2-7H,8H2,1H3,(H,15,16)(H,17,18). The molecule has 98 valence electrons. The Morgan fingerprint density at radius 1 is 1.32 bits per heavy atom. The minimum Gasteiger partial charge on any atom is -0.478 e. The molecule has 0 saturated heterocycles. The van der Waals surface area contributed by atoms with E-state index in [0.29, 0.717) is 12.1 Å². The van der Waals surface area contributed by atoms with Gasteiger partial charge in [-0.25, -0.2) is 4.79 Å². The van der Waals surface area contributed by atoms with E-state index in [0.717, 1.165) is 10.4 Å². The third kappa shape index (κ3) is 3.42. The molecule has 2 aromatic rings. The summed E-state index contributed by atoms with van der Waals surface area (Å²) in [4.78, 5) is 23.7. The lowest BCUT2D eigenvalue weighted by molar-refractivity contribution is -0.115. The fourth-order valence-corrected chi connectivity index (χ4v) is 2.36. The molecule has 4 nitrogen and oxygen atoms in total. The van der Waals surface area contributed by atoms with Crippen molar-refractivity contribution in [3.8, 4) is 0 Å². The molecule has 1 aromatic heterocycles. The van der Waals surface area contributed by atoms with Gasteiger partial charge in [0, 0.05) is 10.6 Å². The highest BCUT2D eigenvalue weighted by molar-refractivity contribution is 7.10. The van der Waals surface area contributed by atoms with Gasteiger partial charge in [0.1, 0.15) is 0 Å². The van der Waals surface area contributed by atoms with E-state index in [4.69, 9.17) is 5.11 Å². The molecule has 0 aliphatic rings. The summed E-state index contributed by atoms with van der Waals surface area (Å²) in [5, 5.41) is 13.6. The predicted octanol–water partition coefficient (Wildman–Crippen LogP) is 2.94. The highest BCUT2D eigenvalue weighted by Crippen LogP contribution is 2.18. The first-order valence-corrected chi connectivity index (χ1v) is 6.60. The first-order chi connectivity index (χ1) is 9.06. The van der Waals surface area contributed by atoms with Crippen molar-refractivity contribution in [3.63, 3.8) is 0 Å². The highest BCUT2D eigenvalue weighted by atomic mass is 32.1. The van der Waals surface area contributed by atoms with Crippen molar-refractivity contribution in [1.82, 2.24) is 0 Å². The summed E-state index contributed by atoms with van der Waals surface area (Å²) in [6.45, 7) is 1.83. The third-order valence-electron chi connectivity index (χ3n) is 2.67. The lowest BCUT2D eigenvalue weighted by Gasteiger charge is -2.08. The molecule has 0 aliphatic carbocycles. The normalized spacial score (nSPS) is 10.2. The van der Waals surface area contributed by atoms with Gasteiger partial charge in [-0.05, 0) is 36.1 Å². The number of carbonyl (C=O) groups is 2. The summed E-state index contributed by atoms with van der Waals surface area (Å²) < 4.78 is 0. The number of amides is 1. The number of aromatic carboxylic acids is 1. The average Bonchev–Trinajstić information content (AvgIpc) is 2.84. The number of carboxylic acid groups (broad SMARTS) is 1. The van der Waals surface area contributed by atoms with Crippen LogP contribution in [0.1, 0.15) is 20.8 Å². The largest absolute Gasteiger partial charge is 0.478 e. The number of thiophene rings is 1. The minimum absolute atomic E-state index is 0.145. The number of hydrogen-bond acceptors (Lipinski definition) is 3. The average molecular weight is 275 g/mol. The van der Waals surface area contributed by atoms with E-state index in [1.54, 1.807) is 6.07 Å². The maximum Gasteiger partial charge on any atom is 0.335 e. The molecule has 5 heteroatoms. The van der Waals surface area contributed by atoms with Gasteiger partial charge < -0.3 is 10.4 Å². The fraction of sp³-hybridized carbons (Fsp3) is 0.143. The molecular formula is C14H13NO3S. The van der Waals surface area contributed by atoms with Crippen LogP contribution in [-0.2, 0) is 11.2 Å². The number of nitrogens with one attached hydrogen (secondary N) is 1. The van der Waals surface area contributed by atoms with Gasteiger partial charge in [0.15, 0.2) is 0 Å². The van der Waals surface area contributed by atoms with Crippen LogP contribution >= 0.6 is 11.3 Å². The third-order valence-corrected chi connectivity index (χ3v) is 3.55. The molecule has 0 atom stereocenters. The Labute approximate surface area is 114 Å². The van der Waals surface area contributed by atoms with Gasteiger partial charge in [0.05, 0.1) is 12.0 Å². The van der Waals surface area contributed by atoms with Gasteiger partial charge in [-0.3, -0.25) is 4.79 Å². The molecule has 0 spiro atoms. The van der Waals surface area contributed by atoms with Crippen LogP contribution in [0.25, 0.3) is 0 Å². The van der Waals surface area contributed by atoms with Crippen molar-refractivity contribution in [2.75, 3.05) is 5.32 Å². The van der Waals surface area contributed by atoms with Crippen molar-refractivity contribution in [1.29, 1.82) is 0 Å². The van der Waals surface area contributed by atoms with Gasteiger partial charge in [-0.2, -0.15) is 0 Å². The molecule has 0 aliphatic heterocycles. The quantitative estimate of drug-likeness (QED) is 0.901. The van der Waals surface area contributed by atoms with E-state index in [2.05, 4.69) is 5.32 Å². The number of benzene rings is 1. The number of carboxylic acids is 1. The topological polar surface area (TPSA) is 66.4 Å². The predicted molar refractivity (Wildman–Crippen MR) is 74.8 cm³/mol. The van der Waals surface area contributed by atoms with Crippen molar-refractivity contribution in [3.05, 3.63) is 51.7 Å². The number of aryl methyl sites for hydroxylation is 1. The Hall–Kier alpha value is -2.14. The molecule has 2 rings (SSSR count). The second-order valence-corrected chi connectivity index (χ2v) is 5.17. The van der Waals surface area contributed by atoms with Gasteiger partial charge >= 0.3 is 5.97 Å². The molecule has 0 unspecified atom stereocenters. The zero-order chi connectivity index (χ0) is 13.8. The maximum absolute atomic E-state index is 11.9. The zero-order valence-corrected chi connectivity index (χ0v) is 11.2. The van der Waals surface area contributed by atoms with Crippen LogP contribution in [0.5, 0.6) is 0 Å². The second-order valence-electron chi connectivity index (χ2n) is 4.14. The molecule has 1 amide bonds. The summed E-state index contributed by atoms with van der Waals surface area (Å²) in [5.41, 5.74) is 1.54. The lowest BCUT2D eigenvalue weighted by atomic mass is 10.1. The van der Waals surface area contributed by atoms with E-state index in [-0.39, 0.29) is 11.5 Å². The second kappa shape index (κ2) is 5.67. The molecule has 0 bridgehead atoms. The number of anilines is 1. The molecule has 0 fully saturated rings. The number of rotatable bonds is 4. The molecule has 2 N–H and O–H groups in total. The summed E-state index contributed by atoms with van der Waals surface area (Å²) in [6, 6.07) is 8.47. The zero-order valence-electron chi connectivity index (χ0n) is 10.3. The molecular weight excluding hydrogens is 262 g/mol. The van der Waals surface area contributed by atoms with E-state index in [1.165, 1.54) is 23.5 Å². The van der Waals surface area contributed by atoms with Crippen LogP contribution in [0, 0.1) is 6.92 Å². The summed E-state index contributed by atoms with van der Waals surface area (Å²) in [5.74, 6) is -1.15. The van der Waals surface area contributed by atoms with Crippen molar-refractivity contribution < 1.29 is 14.7 Å². The first-order valence-electron chi connectivity index (χ1n) is 5.72. The number of hydrogen-bond donors (Lipinski definition) is 2. The van der Waals surface area contributed by atoms with E-state index < -0.39 is 5.97 Å². The van der Waals surface area contributed by atoms with Crippen LogP contribution < -0.4 is 5.32 Å². The Kier molecular flexibility index (Phi) is 3.97. The Morgan fingerprint density at radius 3 is 2.74 bits per heavy atom. The molecule has 1 heterocycles. The van der Waals surface area contributed by atoms with Gasteiger partial charge in [-0.15, -0.1) is 11.3 Å². The van der Waals surface area contributed by atoms with Crippen LogP contribution in [0.15, 0.2) is 35.7 Å². The van der Waals surface area contributed by atoms with E-state index in [1.807, 2.05) is 24.4 Å². The first kappa shape index (κ1) is 13.3. The van der Waals surface area contributed by atoms with Crippen molar-refractivity contribution in [2.45, 2.75) is 13.3 Å². The maximum atomic E-state index is 11.9. The van der Waals surface area contributed by atoms with Gasteiger partial charge in [0.2, 0.25) is 5.91 Å². The Bertz CT molecular complexity index is 605. The summed E-state index contributed by atoms with van der Waals surface area (Å²) in [6.07, 6.45) is 0.300. The smallest absolute Gasteiger partial charge is 0.335 e. The van der Waals surface area contributed by atoms with Crippen molar-refractivity contribution >= 4 is 28.9 Å². The van der Waals surface area contributed by atoms with E-state index in [9.17, 15) is 9.59 Å². The fourth-order valence-electron chi connectivity index (χ4n) is 1.66. The SMILES string of the molecule is Cc1ccc(C(=O)O)cc1NC(=O)Cc1cccs1. The molecule has 19 heavy (non-hydrogen) atoms. The van der Waals surface area contributed by atoms with Crippen molar-refractivity contribution in [2.24, 2.45) is 0 Å². The summed E-state index contributed by atoms with van der Waals surface area (Å²) >= 11 is 1.52. The summed E-state index contributed by atoms with van der Waals surface area (Å²) in [7, 11) is 0. The monoisotopic (exact) mass is 275 g/mol. The van der Waals surface area contributed by atoms with Crippen LogP contribution in [0.4, 0.5) is 5.69 Å². The molecule has 0 saturated carbocycles. The van der Waals surface area contributed by atoms with Gasteiger partial charge in [-0.1, -0.05) is 12.1 Å². The molecule has 1 aromatic carbocycles. The Balaban J connectivity index is 2.11. The minimum atomic E-state index is -1.01. The number of carbonyl (C=O) groups excluding carboxylic acids is 1. The Morgan fingerprint density at radius 2 is 2.11 bits per heavy atom. The van der Waals surface area contributed by atoms with E-state index >= 15 is 0 Å². The van der Waals surface area contributed by atoms with Gasteiger partial charge in [0.25, 0.3) is 0 Å². The molecule has 0 radical (unpaired) electrons. The van der Waals surface area contributed by atoms with Crippen LogP contribution in [0.2, 0.25) is 0 Å². The lowest BCUT2D eigenvalue weighted by Crippen LogP contribution is -2.15. The van der Waals surface area contributed by atoms with Crippen LogP contribution in [0.3, 0.4) is 0 Å². The van der Waals surface area contributed by atoms with Crippen LogP contribution in [-0.4, -0.2) is 17.0 Å². The highest BCUT2D eigenvalue weighted by Gasteiger charge is 2.10.